The Hall–Kier alpha value is -1.34. The molecule has 0 aliphatic rings. The molecule has 0 bridgehead atoms. The van der Waals surface area contributed by atoms with Crippen molar-refractivity contribution in [3.8, 4) is 6.07 Å². The predicted octanol–water partition coefficient (Wildman–Crippen LogP) is 2.81. The van der Waals surface area contributed by atoms with E-state index < -0.39 is 0 Å². The lowest BCUT2D eigenvalue weighted by molar-refractivity contribution is 0.0525. The second-order valence-corrected chi connectivity index (χ2v) is 3.72. The molecule has 0 N–H and O–H groups in total. The molecule has 0 heterocycles. The highest BCUT2D eigenvalue weighted by atomic mass is 79.9. The van der Waals surface area contributed by atoms with Gasteiger partial charge in [-0.2, -0.15) is 5.26 Å². The molecule has 0 amide bonds. The number of ether oxygens (including phenoxy) is 1. The SMILES string of the molecule is CCOC(=O)c1ccc(C#N)c(Br)c1C. The zero-order chi connectivity index (χ0) is 11.4. The average Bonchev–Trinajstić information content (AvgIpc) is 2.22. The van der Waals surface area contributed by atoms with Crippen molar-refractivity contribution in [1.82, 2.24) is 0 Å². The second kappa shape index (κ2) is 4.94. The van der Waals surface area contributed by atoms with Crippen molar-refractivity contribution in [2.24, 2.45) is 0 Å². The first kappa shape index (κ1) is 11.7. The van der Waals surface area contributed by atoms with E-state index in [1.165, 1.54) is 0 Å². The standard InChI is InChI=1S/C11H10BrNO2/c1-3-15-11(14)9-5-4-8(6-13)10(12)7(9)2/h4-5H,3H2,1-2H3. The number of carbonyl (C=O) groups excluding carboxylic acids is 1. The largest absolute Gasteiger partial charge is 0.462 e. The molecule has 4 heteroatoms. The zero-order valence-electron chi connectivity index (χ0n) is 8.50. The first-order chi connectivity index (χ1) is 7.11. The molecule has 1 aromatic rings. The van der Waals surface area contributed by atoms with Crippen LogP contribution >= 0.6 is 15.9 Å². The number of halogens is 1. The summed E-state index contributed by atoms with van der Waals surface area (Å²) < 4.78 is 5.54. The van der Waals surface area contributed by atoms with Crippen molar-refractivity contribution in [3.63, 3.8) is 0 Å². The summed E-state index contributed by atoms with van der Waals surface area (Å²) in [7, 11) is 0. The maximum absolute atomic E-state index is 11.5. The molecule has 3 nitrogen and oxygen atoms in total. The molecule has 78 valence electrons. The summed E-state index contributed by atoms with van der Waals surface area (Å²) in [4.78, 5) is 11.5. The van der Waals surface area contributed by atoms with Crippen LogP contribution in [0.2, 0.25) is 0 Å². The Morgan fingerprint density at radius 1 is 1.60 bits per heavy atom. The number of nitriles is 1. The fraction of sp³-hybridized carbons (Fsp3) is 0.273. The lowest BCUT2D eigenvalue weighted by Crippen LogP contribution is -2.07. The molecule has 0 aromatic heterocycles. The summed E-state index contributed by atoms with van der Waals surface area (Å²) >= 11 is 3.28. The van der Waals surface area contributed by atoms with Crippen molar-refractivity contribution in [2.75, 3.05) is 6.61 Å². The Morgan fingerprint density at radius 2 is 2.27 bits per heavy atom. The van der Waals surface area contributed by atoms with E-state index in [1.54, 1.807) is 26.0 Å². The van der Waals surface area contributed by atoms with Crippen LogP contribution in [0.15, 0.2) is 16.6 Å². The summed E-state index contributed by atoms with van der Waals surface area (Å²) in [6, 6.07) is 5.24. The van der Waals surface area contributed by atoms with Crippen LogP contribution in [0.25, 0.3) is 0 Å². The number of nitrogens with zero attached hydrogens (tertiary/aromatic N) is 1. The molecule has 0 unspecified atom stereocenters. The van der Waals surface area contributed by atoms with Crippen LogP contribution in [0.4, 0.5) is 0 Å². The second-order valence-electron chi connectivity index (χ2n) is 2.93. The highest BCUT2D eigenvalue weighted by molar-refractivity contribution is 9.10. The van der Waals surface area contributed by atoms with Gasteiger partial charge in [0.2, 0.25) is 0 Å². The number of rotatable bonds is 2. The van der Waals surface area contributed by atoms with Crippen LogP contribution in [-0.4, -0.2) is 12.6 Å². The van der Waals surface area contributed by atoms with E-state index in [0.29, 0.717) is 22.2 Å². The Bertz CT molecular complexity index is 435. The number of carbonyl (C=O) groups is 1. The quantitative estimate of drug-likeness (QED) is 0.775. The van der Waals surface area contributed by atoms with Crippen molar-refractivity contribution < 1.29 is 9.53 Å². The molecule has 0 spiro atoms. The van der Waals surface area contributed by atoms with Gasteiger partial charge >= 0.3 is 5.97 Å². The van der Waals surface area contributed by atoms with Gasteiger partial charge in [-0.3, -0.25) is 0 Å². The van der Waals surface area contributed by atoms with Gasteiger partial charge in [0.15, 0.2) is 0 Å². The van der Waals surface area contributed by atoms with Gasteiger partial charge in [-0.05, 0) is 47.5 Å². The van der Waals surface area contributed by atoms with E-state index in [0.717, 1.165) is 5.56 Å². The third-order valence-electron chi connectivity index (χ3n) is 2.00. The van der Waals surface area contributed by atoms with Crippen LogP contribution < -0.4 is 0 Å². The van der Waals surface area contributed by atoms with Crippen molar-refractivity contribution in [2.45, 2.75) is 13.8 Å². The van der Waals surface area contributed by atoms with E-state index in [2.05, 4.69) is 15.9 Å². The molecule has 15 heavy (non-hydrogen) atoms. The monoisotopic (exact) mass is 267 g/mol. The fourth-order valence-electron chi connectivity index (χ4n) is 1.20. The summed E-state index contributed by atoms with van der Waals surface area (Å²) in [5, 5.41) is 8.78. The highest BCUT2D eigenvalue weighted by Crippen LogP contribution is 2.24. The van der Waals surface area contributed by atoms with Gasteiger partial charge in [-0.15, -0.1) is 0 Å². The minimum absolute atomic E-state index is 0.343. The van der Waals surface area contributed by atoms with Crippen LogP contribution in [-0.2, 0) is 4.74 Å². The van der Waals surface area contributed by atoms with Gasteiger partial charge in [0.1, 0.15) is 6.07 Å². The Kier molecular flexibility index (Phi) is 3.87. The number of esters is 1. The molecule has 0 aliphatic heterocycles. The number of hydrogen-bond acceptors (Lipinski definition) is 3. The maximum Gasteiger partial charge on any atom is 0.338 e. The Balaban J connectivity index is 3.19. The normalized spacial score (nSPS) is 9.47. The maximum atomic E-state index is 11.5. The third-order valence-corrected chi connectivity index (χ3v) is 3.02. The number of benzene rings is 1. The first-order valence-corrected chi connectivity index (χ1v) is 5.27. The van der Waals surface area contributed by atoms with Crippen LogP contribution in [0, 0.1) is 18.3 Å². The van der Waals surface area contributed by atoms with E-state index in [4.69, 9.17) is 10.00 Å². The van der Waals surface area contributed by atoms with E-state index in [-0.39, 0.29) is 5.97 Å². The lowest BCUT2D eigenvalue weighted by atomic mass is 10.1. The molecule has 0 fully saturated rings. The van der Waals surface area contributed by atoms with E-state index in [9.17, 15) is 4.79 Å². The van der Waals surface area contributed by atoms with Gasteiger partial charge in [0.05, 0.1) is 17.7 Å². The molecule has 0 aliphatic carbocycles. The van der Waals surface area contributed by atoms with Gasteiger partial charge in [-0.25, -0.2) is 4.79 Å². The summed E-state index contributed by atoms with van der Waals surface area (Å²) in [6.07, 6.45) is 0. The van der Waals surface area contributed by atoms with Gasteiger partial charge in [0.25, 0.3) is 0 Å². The molecule has 1 rings (SSSR count). The fourth-order valence-corrected chi connectivity index (χ4v) is 1.64. The van der Waals surface area contributed by atoms with Crippen LogP contribution in [0.1, 0.15) is 28.4 Å². The molecule has 0 saturated heterocycles. The van der Waals surface area contributed by atoms with E-state index >= 15 is 0 Å². The Labute approximate surface area is 96.8 Å². The smallest absolute Gasteiger partial charge is 0.338 e. The minimum Gasteiger partial charge on any atom is -0.462 e. The molecule has 0 atom stereocenters. The van der Waals surface area contributed by atoms with Crippen LogP contribution in [0.3, 0.4) is 0 Å². The number of hydrogen-bond donors (Lipinski definition) is 0. The van der Waals surface area contributed by atoms with E-state index in [1.807, 2.05) is 6.07 Å². The van der Waals surface area contributed by atoms with Crippen LogP contribution in [0.5, 0.6) is 0 Å². The summed E-state index contributed by atoms with van der Waals surface area (Å²) in [6.45, 7) is 3.87. The molecular formula is C11H10BrNO2. The van der Waals surface area contributed by atoms with Crippen molar-refractivity contribution >= 4 is 21.9 Å². The zero-order valence-corrected chi connectivity index (χ0v) is 10.1. The summed E-state index contributed by atoms with van der Waals surface area (Å²) in [5.74, 6) is -0.361. The summed E-state index contributed by atoms with van der Waals surface area (Å²) in [5.41, 5.74) is 1.73. The molecule has 0 radical (unpaired) electrons. The topological polar surface area (TPSA) is 50.1 Å². The van der Waals surface area contributed by atoms with Gasteiger partial charge < -0.3 is 4.74 Å². The van der Waals surface area contributed by atoms with Crippen molar-refractivity contribution in [3.05, 3.63) is 33.3 Å². The van der Waals surface area contributed by atoms with Gasteiger partial charge in [-0.1, -0.05) is 0 Å². The highest BCUT2D eigenvalue weighted by Gasteiger charge is 2.14. The average molecular weight is 268 g/mol. The van der Waals surface area contributed by atoms with Gasteiger partial charge in [0, 0.05) is 4.47 Å². The predicted molar refractivity (Wildman–Crippen MR) is 59.6 cm³/mol. The Morgan fingerprint density at radius 3 is 2.80 bits per heavy atom. The third kappa shape index (κ3) is 2.37. The first-order valence-electron chi connectivity index (χ1n) is 4.48. The molecule has 1 aromatic carbocycles. The molecular weight excluding hydrogens is 258 g/mol. The van der Waals surface area contributed by atoms with Crippen molar-refractivity contribution in [1.29, 1.82) is 5.26 Å². The molecule has 0 saturated carbocycles. The lowest BCUT2D eigenvalue weighted by Gasteiger charge is -2.07. The minimum atomic E-state index is -0.361.